The summed E-state index contributed by atoms with van der Waals surface area (Å²) in [5, 5.41) is 27.2. The lowest BCUT2D eigenvalue weighted by atomic mass is 9.80. The minimum absolute atomic E-state index is 0.0498. The highest BCUT2D eigenvalue weighted by Gasteiger charge is 2.36. The maximum absolute atomic E-state index is 13.5. The summed E-state index contributed by atoms with van der Waals surface area (Å²) in [6.07, 6.45) is 5.31. The van der Waals surface area contributed by atoms with Crippen LogP contribution < -0.4 is 20.1 Å². The molecule has 6 aromatic carbocycles. The molecule has 0 radical (unpaired) electrons. The third-order valence-electron chi connectivity index (χ3n) is 12.3. The second kappa shape index (κ2) is 15.9. The Morgan fingerprint density at radius 3 is 1.27 bits per heavy atom. The number of hydrogen-bond acceptors (Lipinski definition) is 6. The molecule has 10 rings (SSSR count). The van der Waals surface area contributed by atoms with Crippen LogP contribution in [0.2, 0.25) is 0 Å². The smallest absolute Gasteiger partial charge is 0.129 e. The molecule has 4 N–H and O–H groups in total. The molecular weight excluding hydrogens is 778 g/mol. The highest BCUT2D eigenvalue weighted by molar-refractivity contribution is 5.92. The molecule has 6 aromatic rings. The number of benzene rings is 6. The Bertz CT molecular complexity index is 2580. The van der Waals surface area contributed by atoms with Crippen LogP contribution >= 0.6 is 0 Å². The van der Waals surface area contributed by atoms with Gasteiger partial charge >= 0.3 is 0 Å². The summed E-state index contributed by atoms with van der Waals surface area (Å²) in [7, 11) is 0. The Labute approximate surface area is 362 Å². The number of ether oxygens (including phenoxy) is 2. The number of rotatable bonds is 6. The van der Waals surface area contributed by atoms with Gasteiger partial charge in [0.2, 0.25) is 0 Å². The molecule has 0 saturated carbocycles. The zero-order valence-corrected chi connectivity index (χ0v) is 36.0. The fourth-order valence-electron chi connectivity index (χ4n) is 10.0. The average Bonchev–Trinajstić information content (AvgIpc) is 3.23. The van der Waals surface area contributed by atoms with E-state index in [4.69, 9.17) is 9.47 Å². The van der Waals surface area contributed by atoms with Crippen LogP contribution in [-0.2, 0) is 26.1 Å². The fourth-order valence-corrected chi connectivity index (χ4v) is 10.0. The summed E-state index contributed by atoms with van der Waals surface area (Å²) in [5.41, 5.74) is 16.7. The summed E-state index contributed by atoms with van der Waals surface area (Å²) in [6.45, 7) is 12.8. The number of halogens is 2. The van der Waals surface area contributed by atoms with E-state index < -0.39 is 0 Å². The molecule has 0 spiro atoms. The molecule has 8 heteroatoms. The summed E-state index contributed by atoms with van der Waals surface area (Å²) < 4.78 is 40.0. The first-order chi connectivity index (χ1) is 29.7. The highest BCUT2D eigenvalue weighted by atomic mass is 19.1. The van der Waals surface area contributed by atoms with Gasteiger partial charge in [-0.05, 0) is 135 Å². The number of aliphatic hydroxyl groups is 2. The third kappa shape index (κ3) is 7.67. The van der Waals surface area contributed by atoms with Gasteiger partial charge in [0, 0.05) is 57.6 Å². The number of aliphatic hydroxyl groups excluding tert-OH is 2. The maximum atomic E-state index is 13.5. The quantitative estimate of drug-likeness (QED) is 0.134. The first-order valence-electron chi connectivity index (χ1n) is 21.3. The van der Waals surface area contributed by atoms with E-state index >= 15 is 0 Å². The van der Waals surface area contributed by atoms with E-state index in [1.165, 1.54) is 35.4 Å². The molecule has 0 amide bonds. The lowest BCUT2D eigenvalue weighted by Gasteiger charge is -2.37. The van der Waals surface area contributed by atoms with Crippen molar-refractivity contribution in [3.63, 3.8) is 0 Å². The van der Waals surface area contributed by atoms with Crippen LogP contribution in [-0.4, -0.2) is 21.3 Å². The van der Waals surface area contributed by atoms with Crippen molar-refractivity contribution in [1.82, 2.24) is 0 Å². The van der Waals surface area contributed by atoms with E-state index in [0.29, 0.717) is 12.8 Å². The van der Waals surface area contributed by atoms with Crippen molar-refractivity contribution < 1.29 is 28.5 Å². The topological polar surface area (TPSA) is 83.0 Å². The second-order valence-electron chi connectivity index (χ2n) is 18.0. The predicted octanol–water partition coefficient (Wildman–Crippen LogP) is 12.5. The molecule has 0 aliphatic carbocycles. The monoisotopic (exact) mass is 829 g/mol. The van der Waals surface area contributed by atoms with Crippen LogP contribution in [0.25, 0.3) is 33.4 Å². The van der Waals surface area contributed by atoms with Gasteiger partial charge in [0.1, 0.15) is 35.3 Å². The highest BCUT2D eigenvalue weighted by Crippen LogP contribution is 2.52. The Kier molecular flexibility index (Phi) is 10.6. The largest absolute Gasteiger partial charge is 0.485 e. The second-order valence-corrected chi connectivity index (χ2v) is 18.0. The molecule has 4 aliphatic rings. The van der Waals surface area contributed by atoms with Crippen molar-refractivity contribution in [1.29, 1.82) is 0 Å². The molecule has 2 atom stereocenters. The Morgan fingerprint density at radius 1 is 0.516 bits per heavy atom. The molecule has 2 unspecified atom stereocenters. The lowest BCUT2D eigenvalue weighted by molar-refractivity contribution is 0.201. The van der Waals surface area contributed by atoms with Crippen molar-refractivity contribution in [3.8, 4) is 33.8 Å². The van der Waals surface area contributed by atoms with Crippen molar-refractivity contribution in [3.05, 3.63) is 177 Å². The molecule has 0 bridgehead atoms. The van der Waals surface area contributed by atoms with Crippen LogP contribution in [0, 0.1) is 11.6 Å². The molecule has 0 saturated heterocycles. The average molecular weight is 830 g/mol. The maximum Gasteiger partial charge on any atom is 0.129 e. The van der Waals surface area contributed by atoms with Crippen molar-refractivity contribution >= 4 is 22.5 Å². The summed E-state index contributed by atoms with van der Waals surface area (Å²) in [5.74, 6) is 1.07. The zero-order valence-electron chi connectivity index (χ0n) is 36.0. The van der Waals surface area contributed by atoms with Gasteiger partial charge in [-0.3, -0.25) is 0 Å². The summed E-state index contributed by atoms with van der Waals surface area (Å²) in [4.78, 5) is 0. The first-order valence-corrected chi connectivity index (χ1v) is 21.3. The van der Waals surface area contributed by atoms with Gasteiger partial charge in [0.05, 0.1) is 24.3 Å². The molecule has 62 heavy (non-hydrogen) atoms. The minimum Gasteiger partial charge on any atom is -0.485 e. The molecule has 316 valence electrons. The van der Waals surface area contributed by atoms with Gasteiger partial charge in [0.25, 0.3) is 0 Å². The number of nitrogens with one attached hydrogen (secondary N) is 2. The van der Waals surface area contributed by atoms with Crippen molar-refractivity contribution in [2.75, 3.05) is 10.6 Å². The van der Waals surface area contributed by atoms with Gasteiger partial charge in [-0.1, -0.05) is 72.8 Å². The van der Waals surface area contributed by atoms with Gasteiger partial charge in [-0.25, -0.2) is 8.78 Å². The van der Waals surface area contributed by atoms with Gasteiger partial charge < -0.3 is 30.3 Å². The summed E-state index contributed by atoms with van der Waals surface area (Å²) >= 11 is 0. The fraction of sp³-hybridized carbons (Fsp3) is 0.259. The number of allylic oxidation sites excluding steroid dienone is 2. The molecule has 6 nitrogen and oxygen atoms in total. The number of fused-ring (bicyclic) bond motifs is 10. The van der Waals surface area contributed by atoms with Gasteiger partial charge in [-0.2, -0.15) is 0 Å². The molecule has 0 fully saturated rings. The van der Waals surface area contributed by atoms with Crippen LogP contribution in [0.3, 0.4) is 0 Å². The van der Waals surface area contributed by atoms with E-state index in [1.54, 1.807) is 0 Å². The third-order valence-corrected chi connectivity index (χ3v) is 12.3. The van der Waals surface area contributed by atoms with E-state index in [9.17, 15) is 19.0 Å². The Morgan fingerprint density at radius 2 is 0.903 bits per heavy atom. The van der Waals surface area contributed by atoms with E-state index in [0.717, 1.165) is 89.6 Å². The number of anilines is 2. The van der Waals surface area contributed by atoms with Crippen LogP contribution in [0.4, 0.5) is 20.2 Å². The van der Waals surface area contributed by atoms with Gasteiger partial charge in [0.15, 0.2) is 0 Å². The van der Waals surface area contributed by atoms with E-state index in [-0.39, 0.29) is 48.1 Å². The lowest BCUT2D eigenvalue weighted by Crippen LogP contribution is -2.32. The predicted molar refractivity (Wildman–Crippen MR) is 245 cm³/mol. The van der Waals surface area contributed by atoms with Crippen molar-refractivity contribution in [2.45, 2.75) is 90.9 Å². The first kappa shape index (κ1) is 41.1. The SMILES string of the molecule is CC1=CC(C)(C)Nc2ccc3c(c21)C(Cc1ccc(F)cc1)Oc1cccc(CO)c1-3.CC1=CC(C)(C)Nc2ccc3c(c21)C(Cc1ccc([18F])cc1)Oc1cccc(CO)c1-3. The minimum atomic E-state index is -0.241. The van der Waals surface area contributed by atoms with E-state index in [1.807, 2.05) is 60.7 Å². The van der Waals surface area contributed by atoms with Crippen LogP contribution in [0.5, 0.6) is 11.5 Å². The normalized spacial score (nSPS) is 18.1. The molecule has 4 aliphatic heterocycles. The summed E-state index contributed by atoms with van der Waals surface area (Å²) in [6, 6.07) is 33.4. The standard InChI is InChI=1S/2C27H26FNO2/c2*1-16-14-27(2,3)29-21-12-11-20-25-18(15-30)5-4-6-22(25)31-23(26(20)24(16)21)13-17-7-9-19(28)10-8-17/h2*4-12,14,23,29-30H,13,15H2,1-3H3/i28-1;. The number of hydrogen-bond donors (Lipinski definition) is 4. The Balaban J connectivity index is 0.000000158. The molecular formula is C54H52F2N2O4. The van der Waals surface area contributed by atoms with E-state index in [2.05, 4.69) is 88.6 Å². The van der Waals surface area contributed by atoms with Crippen LogP contribution in [0.1, 0.15) is 98.3 Å². The van der Waals surface area contributed by atoms with Gasteiger partial charge in [-0.15, -0.1) is 0 Å². The Hall–Kier alpha value is -6.22. The van der Waals surface area contributed by atoms with Crippen LogP contribution in [0.15, 0.2) is 121 Å². The zero-order chi connectivity index (χ0) is 43.5. The molecule has 0 aromatic heterocycles. The van der Waals surface area contributed by atoms with Crippen molar-refractivity contribution in [2.24, 2.45) is 0 Å². The molecule has 4 heterocycles.